The van der Waals surface area contributed by atoms with E-state index in [0.29, 0.717) is 0 Å². The minimum atomic E-state index is -0.371. The van der Waals surface area contributed by atoms with Crippen LogP contribution in [0.1, 0.15) is 58.6 Å². The van der Waals surface area contributed by atoms with Crippen molar-refractivity contribution in [3.63, 3.8) is 0 Å². The van der Waals surface area contributed by atoms with Crippen LogP contribution in [0, 0.1) is 5.41 Å². The van der Waals surface area contributed by atoms with E-state index in [4.69, 9.17) is 0 Å². The van der Waals surface area contributed by atoms with Crippen LogP contribution in [-0.2, 0) is 4.79 Å². The van der Waals surface area contributed by atoms with E-state index in [1.165, 1.54) is 12.8 Å². The predicted molar refractivity (Wildman–Crippen MR) is 85.4 cm³/mol. The molecule has 0 saturated heterocycles. The van der Waals surface area contributed by atoms with Crippen molar-refractivity contribution in [3.8, 4) is 0 Å². The summed E-state index contributed by atoms with van der Waals surface area (Å²) < 4.78 is 0. The predicted octanol–water partition coefficient (Wildman–Crippen LogP) is 4.64. The zero-order valence-electron chi connectivity index (χ0n) is 13.1. The molecule has 1 aromatic carbocycles. The van der Waals surface area contributed by atoms with Gasteiger partial charge in [0.1, 0.15) is 0 Å². The number of rotatable bonds is 6. The molecular weight excluding hydrogens is 246 g/mol. The third-order valence-electron chi connectivity index (χ3n) is 3.18. The fraction of sp³-hybridized carbons (Fsp3) is 0.500. The summed E-state index contributed by atoms with van der Waals surface area (Å²) in [6.45, 7) is 7.99. The van der Waals surface area contributed by atoms with Gasteiger partial charge in [0.2, 0.25) is 5.91 Å². The number of carbonyl (C=O) groups excluding carboxylic acids is 1. The Bertz CT molecular complexity index is 428. The summed E-state index contributed by atoms with van der Waals surface area (Å²) in [5.41, 5.74) is 0.752. The van der Waals surface area contributed by atoms with Gasteiger partial charge in [-0.1, -0.05) is 83.0 Å². The molecule has 0 unspecified atom stereocenters. The summed E-state index contributed by atoms with van der Waals surface area (Å²) in [5.74, 6) is 0.0755. The second-order valence-corrected chi connectivity index (χ2v) is 6.18. The summed E-state index contributed by atoms with van der Waals surface area (Å²) in [6.07, 6.45) is 7.71. The molecule has 1 N–H and O–H groups in total. The largest absolute Gasteiger partial charge is 0.345 e. The Kier molecular flexibility index (Phi) is 6.50. The Morgan fingerprint density at radius 2 is 1.90 bits per heavy atom. The molecule has 0 spiro atoms. The van der Waals surface area contributed by atoms with E-state index in [1.807, 2.05) is 39.0 Å². The maximum atomic E-state index is 12.2. The van der Waals surface area contributed by atoms with Gasteiger partial charge in [0.25, 0.3) is 0 Å². The van der Waals surface area contributed by atoms with Crippen LogP contribution in [0.3, 0.4) is 0 Å². The first-order chi connectivity index (χ1) is 9.45. The molecule has 0 heterocycles. The number of benzene rings is 1. The summed E-state index contributed by atoms with van der Waals surface area (Å²) in [6, 6.07) is 10.1. The van der Waals surface area contributed by atoms with Crippen molar-refractivity contribution in [1.29, 1.82) is 0 Å². The SMILES string of the molecule is CCCCC=C[C@@H](NC(=O)C(C)(C)C)c1ccccc1. The maximum absolute atomic E-state index is 12.2. The van der Waals surface area contributed by atoms with Crippen LogP contribution < -0.4 is 5.32 Å². The third kappa shape index (κ3) is 5.60. The summed E-state index contributed by atoms with van der Waals surface area (Å²) in [5, 5.41) is 3.12. The molecule has 0 aliphatic heterocycles. The fourth-order valence-electron chi connectivity index (χ4n) is 1.81. The highest BCUT2D eigenvalue weighted by atomic mass is 16.2. The molecule has 20 heavy (non-hydrogen) atoms. The van der Waals surface area contributed by atoms with Gasteiger partial charge in [-0.2, -0.15) is 0 Å². The zero-order valence-corrected chi connectivity index (χ0v) is 13.1. The molecule has 0 aromatic heterocycles. The van der Waals surface area contributed by atoms with Crippen LogP contribution in [0.25, 0.3) is 0 Å². The van der Waals surface area contributed by atoms with Crippen molar-refractivity contribution >= 4 is 5.91 Å². The van der Waals surface area contributed by atoms with E-state index in [1.54, 1.807) is 0 Å². The van der Waals surface area contributed by atoms with E-state index in [9.17, 15) is 4.79 Å². The number of unbranched alkanes of at least 4 members (excludes halogenated alkanes) is 2. The van der Waals surface area contributed by atoms with Gasteiger partial charge in [0.05, 0.1) is 6.04 Å². The zero-order chi connectivity index (χ0) is 15.0. The molecule has 0 radical (unpaired) electrons. The molecule has 1 amide bonds. The Hall–Kier alpha value is -1.57. The highest BCUT2D eigenvalue weighted by molar-refractivity contribution is 5.82. The van der Waals surface area contributed by atoms with Crippen molar-refractivity contribution in [2.45, 2.75) is 53.0 Å². The van der Waals surface area contributed by atoms with Gasteiger partial charge in [0, 0.05) is 5.41 Å². The van der Waals surface area contributed by atoms with Crippen LogP contribution in [0.4, 0.5) is 0 Å². The van der Waals surface area contributed by atoms with Gasteiger partial charge in [-0.3, -0.25) is 4.79 Å². The number of nitrogens with one attached hydrogen (secondary N) is 1. The monoisotopic (exact) mass is 273 g/mol. The molecular formula is C18H27NO. The first kappa shape index (κ1) is 16.5. The highest BCUT2D eigenvalue weighted by Gasteiger charge is 2.23. The molecule has 2 heteroatoms. The van der Waals surface area contributed by atoms with E-state index in [2.05, 4.69) is 36.5 Å². The smallest absolute Gasteiger partial charge is 0.226 e. The molecule has 0 bridgehead atoms. The Morgan fingerprint density at radius 1 is 1.25 bits per heavy atom. The molecule has 1 atom stereocenters. The van der Waals surface area contributed by atoms with E-state index in [0.717, 1.165) is 12.0 Å². The normalized spacial score (nSPS) is 13.4. The second-order valence-electron chi connectivity index (χ2n) is 6.18. The van der Waals surface area contributed by atoms with Crippen molar-refractivity contribution in [1.82, 2.24) is 5.32 Å². The maximum Gasteiger partial charge on any atom is 0.226 e. The molecule has 1 rings (SSSR count). The average molecular weight is 273 g/mol. The molecule has 0 saturated carbocycles. The second kappa shape index (κ2) is 7.88. The first-order valence-corrected chi connectivity index (χ1v) is 7.47. The molecule has 1 aromatic rings. The Balaban J connectivity index is 2.80. The average Bonchev–Trinajstić information content (AvgIpc) is 2.42. The van der Waals surface area contributed by atoms with Crippen molar-refractivity contribution < 1.29 is 4.79 Å². The number of amides is 1. The lowest BCUT2D eigenvalue weighted by Crippen LogP contribution is -2.36. The van der Waals surface area contributed by atoms with Gasteiger partial charge in [-0.15, -0.1) is 0 Å². The van der Waals surface area contributed by atoms with Crippen molar-refractivity contribution in [2.24, 2.45) is 5.41 Å². The van der Waals surface area contributed by atoms with Gasteiger partial charge in [-0.05, 0) is 12.0 Å². The van der Waals surface area contributed by atoms with E-state index < -0.39 is 0 Å². The highest BCUT2D eigenvalue weighted by Crippen LogP contribution is 2.19. The van der Waals surface area contributed by atoms with Gasteiger partial charge in [0.15, 0.2) is 0 Å². The van der Waals surface area contributed by atoms with Crippen LogP contribution in [0.5, 0.6) is 0 Å². The minimum Gasteiger partial charge on any atom is -0.345 e. The molecule has 2 nitrogen and oxygen atoms in total. The van der Waals surface area contributed by atoms with E-state index >= 15 is 0 Å². The minimum absolute atomic E-state index is 0.0419. The van der Waals surface area contributed by atoms with Gasteiger partial charge >= 0.3 is 0 Å². The van der Waals surface area contributed by atoms with Gasteiger partial charge in [-0.25, -0.2) is 0 Å². The summed E-state index contributed by atoms with van der Waals surface area (Å²) in [7, 11) is 0. The molecule has 0 aliphatic carbocycles. The summed E-state index contributed by atoms with van der Waals surface area (Å²) in [4.78, 5) is 12.2. The van der Waals surface area contributed by atoms with Crippen LogP contribution >= 0.6 is 0 Å². The molecule has 110 valence electrons. The summed E-state index contributed by atoms with van der Waals surface area (Å²) >= 11 is 0. The quantitative estimate of drug-likeness (QED) is 0.594. The van der Waals surface area contributed by atoms with Gasteiger partial charge < -0.3 is 5.32 Å². The standard InChI is InChI=1S/C18H27NO/c1-5-6-7-11-14-16(15-12-9-8-10-13-15)19-17(20)18(2,3)4/h8-14,16H,5-7H2,1-4H3,(H,19,20)/t16-/m1/s1. The van der Waals surface area contributed by atoms with Crippen LogP contribution in [0.2, 0.25) is 0 Å². The number of hydrogen-bond donors (Lipinski definition) is 1. The third-order valence-corrected chi connectivity index (χ3v) is 3.18. The topological polar surface area (TPSA) is 29.1 Å². The first-order valence-electron chi connectivity index (χ1n) is 7.47. The lowest BCUT2D eigenvalue weighted by atomic mass is 9.94. The fourth-order valence-corrected chi connectivity index (χ4v) is 1.81. The number of carbonyl (C=O) groups is 1. The van der Waals surface area contributed by atoms with Crippen molar-refractivity contribution in [2.75, 3.05) is 0 Å². The lowest BCUT2D eigenvalue weighted by Gasteiger charge is -2.23. The Morgan fingerprint density at radius 3 is 2.45 bits per heavy atom. The van der Waals surface area contributed by atoms with Crippen LogP contribution in [0.15, 0.2) is 42.5 Å². The van der Waals surface area contributed by atoms with E-state index in [-0.39, 0.29) is 17.4 Å². The molecule has 0 aliphatic rings. The van der Waals surface area contributed by atoms with Crippen molar-refractivity contribution in [3.05, 3.63) is 48.0 Å². The van der Waals surface area contributed by atoms with Crippen LogP contribution in [-0.4, -0.2) is 5.91 Å². The number of allylic oxidation sites excluding steroid dienone is 1. The lowest BCUT2D eigenvalue weighted by molar-refractivity contribution is -0.129. The molecule has 0 fully saturated rings. The number of hydrogen-bond acceptors (Lipinski definition) is 1. The Labute approximate surface area is 123 Å².